The van der Waals surface area contributed by atoms with E-state index in [0.717, 1.165) is 6.07 Å². The van der Waals surface area contributed by atoms with Gasteiger partial charge in [0.1, 0.15) is 12.4 Å². The molecule has 20 heavy (non-hydrogen) atoms. The first kappa shape index (κ1) is 16.4. The van der Waals surface area contributed by atoms with Crippen LogP contribution in [0.5, 0.6) is 0 Å². The molecule has 7 heteroatoms. The number of nitrogens with two attached hydrogens (primary N) is 1. The Morgan fingerprint density at radius 1 is 1.25 bits per heavy atom. The molecule has 0 unspecified atom stereocenters. The first-order chi connectivity index (χ1) is 9.63. The maximum Gasteiger partial charge on any atom is 0.250 e. The summed E-state index contributed by atoms with van der Waals surface area (Å²) in [6.45, 7) is 1.50. The van der Waals surface area contributed by atoms with E-state index in [2.05, 4.69) is 5.32 Å². The van der Waals surface area contributed by atoms with Gasteiger partial charge in [-0.1, -0.05) is 0 Å². The quantitative estimate of drug-likeness (QED) is 0.523. The van der Waals surface area contributed by atoms with Gasteiger partial charge in [-0.15, -0.1) is 0 Å². The highest BCUT2D eigenvalue weighted by molar-refractivity contribution is 5.94. The highest BCUT2D eigenvalue weighted by Gasteiger charge is 2.06. The lowest BCUT2D eigenvalue weighted by molar-refractivity contribution is -0.121. The summed E-state index contributed by atoms with van der Waals surface area (Å²) in [6, 6.07) is 3.76. The number of rotatable bonds is 9. The molecule has 0 atom stereocenters. The minimum atomic E-state index is -0.470. The van der Waals surface area contributed by atoms with Crippen molar-refractivity contribution in [3.63, 3.8) is 0 Å². The van der Waals surface area contributed by atoms with E-state index >= 15 is 0 Å². The molecule has 0 heterocycles. The predicted octanol–water partition coefficient (Wildman–Crippen LogP) is 1.03. The Hall–Kier alpha value is -1.70. The standard InChI is InChI=1S/C13H19FN2O4/c1-18-4-5-19-6-7-20-9-13(17)16-12-8-10(14)2-3-11(12)15/h2-3,8H,4-7,9,15H2,1H3,(H,16,17). The second kappa shape index (κ2) is 9.24. The topological polar surface area (TPSA) is 82.8 Å². The molecule has 112 valence electrons. The molecule has 0 saturated heterocycles. The summed E-state index contributed by atoms with van der Waals surface area (Å²) in [5.74, 6) is -0.874. The third-order valence-corrected chi connectivity index (χ3v) is 2.33. The van der Waals surface area contributed by atoms with Gasteiger partial charge in [-0.2, -0.15) is 0 Å². The van der Waals surface area contributed by atoms with Crippen molar-refractivity contribution in [2.75, 3.05) is 51.2 Å². The Morgan fingerprint density at radius 3 is 2.70 bits per heavy atom. The van der Waals surface area contributed by atoms with Gasteiger partial charge >= 0.3 is 0 Å². The lowest BCUT2D eigenvalue weighted by Crippen LogP contribution is -2.20. The zero-order chi connectivity index (χ0) is 14.8. The first-order valence-corrected chi connectivity index (χ1v) is 6.12. The fraction of sp³-hybridized carbons (Fsp3) is 0.462. The molecule has 0 aromatic heterocycles. The van der Waals surface area contributed by atoms with Crippen LogP contribution in [0.4, 0.5) is 15.8 Å². The van der Waals surface area contributed by atoms with Crippen LogP contribution in [-0.4, -0.2) is 46.1 Å². The van der Waals surface area contributed by atoms with E-state index in [9.17, 15) is 9.18 Å². The van der Waals surface area contributed by atoms with Crippen LogP contribution in [-0.2, 0) is 19.0 Å². The average Bonchev–Trinajstić information content (AvgIpc) is 2.42. The van der Waals surface area contributed by atoms with Gasteiger partial charge in [-0.05, 0) is 18.2 Å². The van der Waals surface area contributed by atoms with Crippen molar-refractivity contribution >= 4 is 17.3 Å². The molecule has 0 radical (unpaired) electrons. The molecule has 3 N–H and O–H groups in total. The number of halogens is 1. The Balaban J connectivity index is 2.19. The van der Waals surface area contributed by atoms with Gasteiger partial charge in [-0.3, -0.25) is 4.79 Å². The van der Waals surface area contributed by atoms with Gasteiger partial charge in [0, 0.05) is 7.11 Å². The van der Waals surface area contributed by atoms with Crippen LogP contribution in [0.3, 0.4) is 0 Å². The number of amides is 1. The molecular formula is C13H19FN2O4. The van der Waals surface area contributed by atoms with Gasteiger partial charge in [-0.25, -0.2) is 4.39 Å². The fourth-order valence-corrected chi connectivity index (χ4v) is 1.35. The SMILES string of the molecule is COCCOCCOCC(=O)Nc1cc(F)ccc1N. The van der Waals surface area contributed by atoms with Crippen molar-refractivity contribution < 1.29 is 23.4 Å². The van der Waals surface area contributed by atoms with E-state index in [1.807, 2.05) is 0 Å². The van der Waals surface area contributed by atoms with Crippen molar-refractivity contribution in [1.82, 2.24) is 0 Å². The second-order valence-corrected chi connectivity index (χ2v) is 3.94. The van der Waals surface area contributed by atoms with Gasteiger partial charge in [0.05, 0.1) is 37.8 Å². The van der Waals surface area contributed by atoms with Crippen molar-refractivity contribution in [2.24, 2.45) is 0 Å². The largest absolute Gasteiger partial charge is 0.397 e. The maximum atomic E-state index is 13.0. The molecule has 0 spiro atoms. The predicted molar refractivity (Wildman–Crippen MR) is 73.0 cm³/mol. The van der Waals surface area contributed by atoms with Crippen LogP contribution in [0.15, 0.2) is 18.2 Å². The number of anilines is 2. The number of nitrogens with one attached hydrogen (secondary N) is 1. The molecule has 0 saturated carbocycles. The summed E-state index contributed by atoms with van der Waals surface area (Å²) in [5.41, 5.74) is 6.13. The first-order valence-electron chi connectivity index (χ1n) is 6.12. The Bertz CT molecular complexity index is 429. The minimum absolute atomic E-state index is 0.149. The summed E-state index contributed by atoms with van der Waals surface area (Å²) in [6.07, 6.45) is 0. The number of nitrogen functional groups attached to an aromatic ring is 1. The summed E-state index contributed by atoms with van der Waals surface area (Å²) in [5, 5.41) is 2.47. The van der Waals surface area contributed by atoms with Crippen LogP contribution in [0, 0.1) is 5.82 Å². The molecule has 0 aliphatic rings. The van der Waals surface area contributed by atoms with E-state index in [0.29, 0.717) is 25.5 Å². The lowest BCUT2D eigenvalue weighted by atomic mass is 10.2. The number of carbonyl (C=O) groups excluding carboxylic acids is 1. The van der Waals surface area contributed by atoms with E-state index in [1.165, 1.54) is 12.1 Å². The summed E-state index contributed by atoms with van der Waals surface area (Å²) in [7, 11) is 1.59. The van der Waals surface area contributed by atoms with E-state index < -0.39 is 11.7 Å². The van der Waals surface area contributed by atoms with Gasteiger partial charge in [0.15, 0.2) is 0 Å². The summed E-state index contributed by atoms with van der Waals surface area (Å²) < 4.78 is 28.1. The zero-order valence-corrected chi connectivity index (χ0v) is 11.4. The molecule has 1 aromatic carbocycles. The normalized spacial score (nSPS) is 10.5. The average molecular weight is 286 g/mol. The zero-order valence-electron chi connectivity index (χ0n) is 11.4. The van der Waals surface area contributed by atoms with Crippen molar-refractivity contribution in [3.05, 3.63) is 24.0 Å². The summed E-state index contributed by atoms with van der Waals surface area (Å²) >= 11 is 0. The molecule has 6 nitrogen and oxygen atoms in total. The van der Waals surface area contributed by atoms with Gasteiger partial charge in [0.2, 0.25) is 5.91 Å². The number of ether oxygens (including phenoxy) is 3. The highest BCUT2D eigenvalue weighted by atomic mass is 19.1. The third-order valence-electron chi connectivity index (χ3n) is 2.33. The highest BCUT2D eigenvalue weighted by Crippen LogP contribution is 2.18. The minimum Gasteiger partial charge on any atom is -0.397 e. The second-order valence-electron chi connectivity index (χ2n) is 3.94. The van der Waals surface area contributed by atoms with Crippen molar-refractivity contribution in [2.45, 2.75) is 0 Å². The number of hydrogen-bond donors (Lipinski definition) is 2. The van der Waals surface area contributed by atoms with Crippen LogP contribution < -0.4 is 11.1 Å². The number of carbonyl (C=O) groups is 1. The Labute approximate surface area is 117 Å². The number of hydrogen-bond acceptors (Lipinski definition) is 5. The van der Waals surface area contributed by atoms with E-state index in [-0.39, 0.29) is 18.9 Å². The van der Waals surface area contributed by atoms with Crippen molar-refractivity contribution in [1.29, 1.82) is 0 Å². The van der Waals surface area contributed by atoms with Crippen LogP contribution in [0.2, 0.25) is 0 Å². The molecule has 1 rings (SSSR count). The van der Waals surface area contributed by atoms with E-state index in [4.69, 9.17) is 19.9 Å². The van der Waals surface area contributed by atoms with E-state index in [1.54, 1.807) is 7.11 Å². The van der Waals surface area contributed by atoms with Gasteiger partial charge < -0.3 is 25.3 Å². The number of methoxy groups -OCH3 is 1. The molecule has 0 aliphatic heterocycles. The summed E-state index contributed by atoms with van der Waals surface area (Å²) in [4.78, 5) is 11.5. The fourth-order valence-electron chi connectivity index (χ4n) is 1.35. The number of benzene rings is 1. The molecule has 0 aliphatic carbocycles. The maximum absolute atomic E-state index is 13.0. The molecule has 1 amide bonds. The van der Waals surface area contributed by atoms with Gasteiger partial charge in [0.25, 0.3) is 0 Å². The van der Waals surface area contributed by atoms with Crippen LogP contribution in [0.25, 0.3) is 0 Å². The molecule has 0 fully saturated rings. The lowest BCUT2D eigenvalue weighted by Gasteiger charge is -2.09. The monoisotopic (exact) mass is 286 g/mol. The third kappa shape index (κ3) is 6.46. The molecular weight excluding hydrogens is 267 g/mol. The smallest absolute Gasteiger partial charge is 0.250 e. The van der Waals surface area contributed by atoms with Crippen LogP contribution in [0.1, 0.15) is 0 Å². The molecule has 1 aromatic rings. The molecule has 0 bridgehead atoms. The van der Waals surface area contributed by atoms with Crippen molar-refractivity contribution in [3.8, 4) is 0 Å². The van der Waals surface area contributed by atoms with Crippen LogP contribution >= 0.6 is 0 Å². The Morgan fingerprint density at radius 2 is 1.95 bits per heavy atom. The Kier molecular flexibility index (Phi) is 7.56.